The van der Waals surface area contributed by atoms with Crippen molar-refractivity contribution in [2.45, 2.75) is 26.2 Å². The third-order valence-corrected chi connectivity index (χ3v) is 5.02. The lowest BCUT2D eigenvalue weighted by atomic mass is 9.87. The number of nitrogens with one attached hydrogen (secondary N) is 2. The Morgan fingerprint density at radius 1 is 1.42 bits per heavy atom. The fraction of sp³-hybridized carbons (Fsp3) is 0.316. The van der Waals surface area contributed by atoms with Crippen LogP contribution in [0.3, 0.4) is 0 Å². The summed E-state index contributed by atoms with van der Waals surface area (Å²) in [6.45, 7) is 1.85. The van der Waals surface area contributed by atoms with Gasteiger partial charge in [0, 0.05) is 36.3 Å². The highest BCUT2D eigenvalue weighted by Crippen LogP contribution is 2.31. The minimum atomic E-state index is -0.323. The number of carbonyl (C=O) groups excluding carboxylic acids is 1. The van der Waals surface area contributed by atoms with E-state index < -0.39 is 0 Å². The maximum Gasteiger partial charge on any atom is 0.229 e. The monoisotopic (exact) mass is 353 g/mol. The molecule has 134 valence electrons. The fourth-order valence-electron chi connectivity index (χ4n) is 3.60. The first-order valence-corrected chi connectivity index (χ1v) is 8.64. The second-order valence-electron chi connectivity index (χ2n) is 6.75. The van der Waals surface area contributed by atoms with Crippen molar-refractivity contribution in [1.82, 2.24) is 20.0 Å². The van der Waals surface area contributed by atoms with E-state index in [1.165, 1.54) is 17.7 Å². The van der Waals surface area contributed by atoms with Gasteiger partial charge in [-0.2, -0.15) is 10.2 Å². The maximum absolute atomic E-state index is 13.6. The first-order valence-electron chi connectivity index (χ1n) is 8.64. The number of aryl methyl sites for hydroxylation is 3. The first kappa shape index (κ1) is 16.5. The Labute approximate surface area is 150 Å². The molecule has 1 unspecified atom stereocenters. The van der Waals surface area contributed by atoms with Crippen LogP contribution in [0.2, 0.25) is 0 Å². The molecule has 4 rings (SSSR count). The highest BCUT2D eigenvalue weighted by atomic mass is 19.1. The van der Waals surface area contributed by atoms with Gasteiger partial charge < -0.3 is 5.32 Å². The van der Waals surface area contributed by atoms with Crippen molar-refractivity contribution < 1.29 is 9.18 Å². The molecule has 2 aromatic heterocycles. The summed E-state index contributed by atoms with van der Waals surface area (Å²) in [5.41, 5.74) is 4.51. The van der Waals surface area contributed by atoms with Gasteiger partial charge >= 0.3 is 0 Å². The molecule has 0 bridgehead atoms. The average molecular weight is 353 g/mol. The van der Waals surface area contributed by atoms with Crippen LogP contribution >= 0.6 is 0 Å². The Balaban J connectivity index is 1.57. The van der Waals surface area contributed by atoms with Crippen LogP contribution in [-0.4, -0.2) is 25.9 Å². The van der Waals surface area contributed by atoms with E-state index in [0.717, 1.165) is 29.8 Å². The molecule has 1 atom stereocenters. The van der Waals surface area contributed by atoms with Gasteiger partial charge in [0.1, 0.15) is 5.82 Å². The Morgan fingerprint density at radius 3 is 3.08 bits per heavy atom. The van der Waals surface area contributed by atoms with Crippen LogP contribution in [0.25, 0.3) is 11.1 Å². The summed E-state index contributed by atoms with van der Waals surface area (Å²) in [5, 5.41) is 14.3. The fourth-order valence-corrected chi connectivity index (χ4v) is 3.60. The molecular weight excluding hydrogens is 333 g/mol. The van der Waals surface area contributed by atoms with Crippen molar-refractivity contribution in [3.8, 4) is 11.1 Å². The summed E-state index contributed by atoms with van der Waals surface area (Å²) in [7, 11) is 1.90. The minimum absolute atomic E-state index is 0.0685. The number of carbonyl (C=O) groups is 1. The molecule has 3 aromatic rings. The molecule has 0 fully saturated rings. The molecule has 2 N–H and O–H groups in total. The van der Waals surface area contributed by atoms with Gasteiger partial charge in [-0.3, -0.25) is 14.6 Å². The summed E-state index contributed by atoms with van der Waals surface area (Å²) >= 11 is 0. The predicted octanol–water partition coefficient (Wildman–Crippen LogP) is 3.00. The lowest BCUT2D eigenvalue weighted by molar-refractivity contribution is -0.120. The second-order valence-corrected chi connectivity index (χ2v) is 6.75. The van der Waals surface area contributed by atoms with E-state index in [1.807, 2.05) is 24.9 Å². The predicted molar refractivity (Wildman–Crippen MR) is 96.1 cm³/mol. The first-order chi connectivity index (χ1) is 12.5. The zero-order valence-electron chi connectivity index (χ0n) is 14.7. The van der Waals surface area contributed by atoms with Gasteiger partial charge in [-0.05, 0) is 43.0 Å². The summed E-state index contributed by atoms with van der Waals surface area (Å²) < 4.78 is 15.4. The van der Waals surface area contributed by atoms with Crippen LogP contribution in [0.1, 0.15) is 23.4 Å². The van der Waals surface area contributed by atoms with Gasteiger partial charge in [0.25, 0.3) is 0 Å². The van der Waals surface area contributed by atoms with Crippen LogP contribution in [0.5, 0.6) is 0 Å². The molecule has 7 heteroatoms. The quantitative estimate of drug-likeness (QED) is 0.760. The molecule has 0 radical (unpaired) electrons. The summed E-state index contributed by atoms with van der Waals surface area (Å²) in [5.74, 6) is -0.0819. The van der Waals surface area contributed by atoms with Gasteiger partial charge in [-0.15, -0.1) is 0 Å². The maximum atomic E-state index is 13.6. The van der Waals surface area contributed by atoms with E-state index >= 15 is 0 Å². The van der Waals surface area contributed by atoms with Gasteiger partial charge in [0.05, 0.1) is 6.20 Å². The molecule has 1 amide bonds. The highest BCUT2D eigenvalue weighted by molar-refractivity contribution is 5.96. The molecule has 1 aliphatic rings. The van der Waals surface area contributed by atoms with E-state index in [2.05, 4.69) is 20.6 Å². The molecule has 0 aliphatic heterocycles. The van der Waals surface area contributed by atoms with E-state index in [0.29, 0.717) is 17.8 Å². The molecular formula is C19H20FN5O. The third-order valence-electron chi connectivity index (χ3n) is 5.02. The Hall–Kier alpha value is -2.96. The molecule has 6 nitrogen and oxygen atoms in total. The Morgan fingerprint density at radius 2 is 2.27 bits per heavy atom. The number of rotatable bonds is 3. The zero-order valence-corrected chi connectivity index (χ0v) is 14.7. The van der Waals surface area contributed by atoms with Crippen molar-refractivity contribution in [2.75, 3.05) is 5.32 Å². The summed E-state index contributed by atoms with van der Waals surface area (Å²) in [4.78, 5) is 12.8. The normalized spacial score (nSPS) is 16.3. The molecule has 2 heterocycles. The van der Waals surface area contributed by atoms with Crippen LogP contribution in [0.4, 0.5) is 10.2 Å². The number of aromatic nitrogens is 4. The average Bonchev–Trinajstić information content (AvgIpc) is 3.17. The smallest absolute Gasteiger partial charge is 0.229 e. The molecule has 1 aliphatic carbocycles. The van der Waals surface area contributed by atoms with Crippen molar-refractivity contribution in [2.24, 2.45) is 13.0 Å². The molecule has 0 saturated heterocycles. The number of anilines is 1. The summed E-state index contributed by atoms with van der Waals surface area (Å²) in [6, 6.07) is 6.29. The number of nitrogens with zero attached hydrogens (tertiary/aromatic N) is 3. The van der Waals surface area contributed by atoms with Gasteiger partial charge in [-0.25, -0.2) is 4.39 Å². The van der Waals surface area contributed by atoms with Crippen LogP contribution < -0.4 is 5.32 Å². The van der Waals surface area contributed by atoms with Gasteiger partial charge in [0.2, 0.25) is 5.91 Å². The minimum Gasteiger partial charge on any atom is -0.308 e. The number of aromatic amines is 1. The lowest BCUT2D eigenvalue weighted by Gasteiger charge is -2.21. The summed E-state index contributed by atoms with van der Waals surface area (Å²) in [6.07, 6.45) is 4.17. The zero-order chi connectivity index (χ0) is 18.3. The van der Waals surface area contributed by atoms with E-state index in [1.54, 1.807) is 12.1 Å². The Kier molecular flexibility index (Phi) is 4.06. The van der Waals surface area contributed by atoms with Crippen LogP contribution in [-0.2, 0) is 24.7 Å². The molecule has 1 aromatic carbocycles. The lowest BCUT2D eigenvalue weighted by Crippen LogP contribution is -2.29. The van der Waals surface area contributed by atoms with E-state index in [4.69, 9.17) is 0 Å². The number of amides is 1. The highest BCUT2D eigenvalue weighted by Gasteiger charge is 2.28. The number of fused-ring (bicyclic) bond motifs is 1. The Bertz CT molecular complexity index is 974. The molecule has 0 saturated carbocycles. The SMILES string of the molecule is Cc1[nH]nc(NC(=O)C2CCc3cnn(C)c3C2)c1-c1cccc(F)c1. The largest absolute Gasteiger partial charge is 0.308 e. The van der Waals surface area contributed by atoms with Crippen LogP contribution in [0, 0.1) is 18.7 Å². The number of halogens is 1. The topological polar surface area (TPSA) is 75.6 Å². The van der Waals surface area contributed by atoms with Crippen molar-refractivity contribution in [3.63, 3.8) is 0 Å². The molecule has 0 spiro atoms. The number of benzene rings is 1. The standard InChI is InChI=1S/C19H20FN5O/c1-11-17(12-4-3-5-15(20)8-12)18(24-23-11)22-19(26)13-6-7-14-10-21-25(2)16(14)9-13/h3-5,8,10,13H,6-7,9H2,1-2H3,(H2,22,23,24,26). The van der Waals surface area contributed by atoms with E-state index in [9.17, 15) is 9.18 Å². The van der Waals surface area contributed by atoms with Crippen molar-refractivity contribution in [3.05, 3.63) is 53.2 Å². The second kappa shape index (κ2) is 6.40. The van der Waals surface area contributed by atoms with Crippen molar-refractivity contribution in [1.29, 1.82) is 0 Å². The van der Waals surface area contributed by atoms with E-state index in [-0.39, 0.29) is 17.6 Å². The number of hydrogen-bond acceptors (Lipinski definition) is 3. The van der Waals surface area contributed by atoms with Crippen molar-refractivity contribution >= 4 is 11.7 Å². The van der Waals surface area contributed by atoms with Crippen LogP contribution in [0.15, 0.2) is 30.5 Å². The number of H-pyrrole nitrogens is 1. The van der Waals surface area contributed by atoms with Gasteiger partial charge in [0.15, 0.2) is 5.82 Å². The third kappa shape index (κ3) is 2.89. The number of hydrogen-bond donors (Lipinski definition) is 2. The molecule has 26 heavy (non-hydrogen) atoms. The van der Waals surface area contributed by atoms with Gasteiger partial charge in [-0.1, -0.05) is 12.1 Å².